The molecule has 0 radical (unpaired) electrons. The van der Waals surface area contributed by atoms with E-state index in [0.29, 0.717) is 24.6 Å². The Labute approximate surface area is 155 Å². The maximum atomic E-state index is 13.1. The highest BCUT2D eigenvalue weighted by Gasteiger charge is 2.28. The molecule has 1 fully saturated rings. The summed E-state index contributed by atoms with van der Waals surface area (Å²) in [4.78, 5) is 41.8. The number of aromatic nitrogens is 6. The minimum absolute atomic E-state index is 0.0476. The van der Waals surface area contributed by atoms with Crippen molar-refractivity contribution in [1.82, 2.24) is 34.4 Å². The molecule has 1 N–H and O–H groups in total. The summed E-state index contributed by atoms with van der Waals surface area (Å²) in [5, 5.41) is 4.19. The van der Waals surface area contributed by atoms with E-state index in [4.69, 9.17) is 0 Å². The third kappa shape index (κ3) is 3.32. The highest BCUT2D eigenvalue weighted by molar-refractivity contribution is 5.93. The molecule has 0 aliphatic carbocycles. The number of fused-ring (bicyclic) bond motifs is 1. The average molecular weight is 367 g/mol. The van der Waals surface area contributed by atoms with Gasteiger partial charge in [0.1, 0.15) is 12.0 Å². The molecule has 4 heterocycles. The van der Waals surface area contributed by atoms with Gasteiger partial charge in [-0.05, 0) is 24.8 Å². The number of amides is 1. The molecule has 1 saturated heterocycles. The lowest BCUT2D eigenvalue weighted by Crippen LogP contribution is -2.40. The van der Waals surface area contributed by atoms with E-state index >= 15 is 0 Å². The number of carbonyl (C=O) groups excluding carboxylic acids is 1. The first-order valence-corrected chi connectivity index (χ1v) is 9.07. The normalized spacial score (nSPS) is 17.6. The number of carbonyl (C=O) groups is 1. The van der Waals surface area contributed by atoms with Crippen molar-refractivity contribution in [3.63, 3.8) is 0 Å². The van der Waals surface area contributed by atoms with Crippen LogP contribution in [-0.4, -0.2) is 53.4 Å². The largest absolute Gasteiger partial charge is 0.337 e. The molecule has 0 aromatic carbocycles. The van der Waals surface area contributed by atoms with Crippen LogP contribution in [0.3, 0.4) is 0 Å². The lowest BCUT2D eigenvalue weighted by Gasteiger charge is -2.32. The molecular weight excluding hydrogens is 346 g/mol. The predicted octanol–water partition coefficient (Wildman–Crippen LogP) is 1.35. The Bertz CT molecular complexity index is 1040. The average Bonchev–Trinajstić information content (AvgIpc) is 3.15. The molecular formula is C18H21N7O2. The number of piperidine rings is 1. The van der Waals surface area contributed by atoms with Crippen LogP contribution >= 0.6 is 0 Å². The SMILES string of the molecule is CC(C)c1cc(C(=O)N2CCC[C@H](c3cc(=O)[nH]cn3)C2)nc2ncnn12. The maximum absolute atomic E-state index is 13.1. The smallest absolute Gasteiger partial charge is 0.272 e. The molecule has 9 nitrogen and oxygen atoms in total. The zero-order valence-corrected chi connectivity index (χ0v) is 15.3. The predicted molar refractivity (Wildman–Crippen MR) is 97.6 cm³/mol. The third-order valence-electron chi connectivity index (χ3n) is 4.92. The van der Waals surface area contributed by atoms with Gasteiger partial charge in [-0.3, -0.25) is 9.59 Å². The van der Waals surface area contributed by atoms with E-state index in [1.165, 1.54) is 18.7 Å². The molecule has 27 heavy (non-hydrogen) atoms. The van der Waals surface area contributed by atoms with Crippen molar-refractivity contribution in [2.75, 3.05) is 13.1 Å². The minimum atomic E-state index is -0.177. The minimum Gasteiger partial charge on any atom is -0.337 e. The zero-order chi connectivity index (χ0) is 19.0. The second-order valence-electron chi connectivity index (χ2n) is 7.12. The number of rotatable bonds is 3. The van der Waals surface area contributed by atoms with Gasteiger partial charge in [0.05, 0.1) is 17.7 Å². The van der Waals surface area contributed by atoms with Gasteiger partial charge in [-0.25, -0.2) is 14.5 Å². The molecule has 3 aromatic rings. The van der Waals surface area contributed by atoms with Crippen LogP contribution in [0.1, 0.15) is 60.4 Å². The van der Waals surface area contributed by atoms with Crippen molar-refractivity contribution in [3.8, 4) is 0 Å². The van der Waals surface area contributed by atoms with Crippen molar-refractivity contribution in [2.24, 2.45) is 0 Å². The molecule has 1 aliphatic rings. The van der Waals surface area contributed by atoms with Crippen LogP contribution in [-0.2, 0) is 0 Å². The van der Waals surface area contributed by atoms with Gasteiger partial charge in [-0.2, -0.15) is 10.1 Å². The van der Waals surface area contributed by atoms with Gasteiger partial charge in [0.25, 0.3) is 17.2 Å². The van der Waals surface area contributed by atoms with Crippen LogP contribution in [0.15, 0.2) is 29.6 Å². The Balaban J connectivity index is 1.62. The Kier molecular flexibility index (Phi) is 4.43. The van der Waals surface area contributed by atoms with E-state index in [1.54, 1.807) is 15.5 Å². The Hall–Kier alpha value is -3.10. The Morgan fingerprint density at radius 1 is 1.30 bits per heavy atom. The summed E-state index contributed by atoms with van der Waals surface area (Å²) in [6, 6.07) is 3.31. The van der Waals surface area contributed by atoms with Crippen LogP contribution in [0.5, 0.6) is 0 Å². The van der Waals surface area contributed by atoms with E-state index in [-0.39, 0.29) is 23.3 Å². The fourth-order valence-electron chi connectivity index (χ4n) is 3.53. The number of H-pyrrole nitrogens is 1. The molecule has 3 aromatic heterocycles. The summed E-state index contributed by atoms with van der Waals surface area (Å²) in [5.41, 5.74) is 1.81. The Morgan fingerprint density at radius 3 is 2.93 bits per heavy atom. The van der Waals surface area contributed by atoms with Crippen LogP contribution < -0.4 is 5.56 Å². The highest BCUT2D eigenvalue weighted by Crippen LogP contribution is 2.26. The Morgan fingerprint density at radius 2 is 2.15 bits per heavy atom. The van der Waals surface area contributed by atoms with Gasteiger partial charge >= 0.3 is 0 Å². The number of aromatic amines is 1. The van der Waals surface area contributed by atoms with Gasteiger partial charge in [0.2, 0.25) is 0 Å². The summed E-state index contributed by atoms with van der Waals surface area (Å²) >= 11 is 0. The lowest BCUT2D eigenvalue weighted by molar-refractivity contribution is 0.0699. The highest BCUT2D eigenvalue weighted by atomic mass is 16.2. The van der Waals surface area contributed by atoms with Crippen LogP contribution in [0, 0.1) is 0 Å². The first-order valence-electron chi connectivity index (χ1n) is 9.07. The summed E-state index contributed by atoms with van der Waals surface area (Å²) in [7, 11) is 0. The van der Waals surface area contributed by atoms with Crippen molar-refractivity contribution in [3.05, 3.63) is 52.2 Å². The zero-order valence-electron chi connectivity index (χ0n) is 15.3. The number of nitrogens with one attached hydrogen (secondary N) is 1. The van der Waals surface area contributed by atoms with E-state index < -0.39 is 0 Å². The molecule has 140 valence electrons. The number of likely N-dealkylation sites (tertiary alicyclic amines) is 1. The molecule has 4 rings (SSSR count). The monoisotopic (exact) mass is 367 g/mol. The van der Waals surface area contributed by atoms with Crippen molar-refractivity contribution < 1.29 is 4.79 Å². The standard InChI is InChI=1S/C18H21N7O2/c1-11(2)15-6-14(23-18-21-10-22-25(15)18)17(27)24-5-3-4-12(8-24)13-7-16(26)20-9-19-13/h6-7,9-12H,3-5,8H2,1-2H3,(H,19,20,26)/t12-/m0/s1. The molecule has 0 saturated carbocycles. The van der Waals surface area contributed by atoms with Crippen LogP contribution in [0.4, 0.5) is 0 Å². The molecule has 0 unspecified atom stereocenters. The number of hydrogen-bond donors (Lipinski definition) is 1. The fourth-order valence-corrected chi connectivity index (χ4v) is 3.53. The summed E-state index contributed by atoms with van der Waals surface area (Å²) in [6.45, 7) is 5.27. The first-order chi connectivity index (χ1) is 13.0. The third-order valence-corrected chi connectivity index (χ3v) is 4.92. The molecule has 1 aliphatic heterocycles. The van der Waals surface area contributed by atoms with Crippen molar-refractivity contribution in [1.29, 1.82) is 0 Å². The van der Waals surface area contributed by atoms with E-state index in [0.717, 1.165) is 24.2 Å². The quantitative estimate of drug-likeness (QED) is 0.748. The first kappa shape index (κ1) is 17.3. The van der Waals surface area contributed by atoms with Crippen molar-refractivity contribution in [2.45, 2.75) is 38.5 Å². The molecule has 0 spiro atoms. The second-order valence-corrected chi connectivity index (χ2v) is 7.12. The number of nitrogens with zero attached hydrogens (tertiary/aromatic N) is 6. The van der Waals surface area contributed by atoms with Gasteiger partial charge in [0, 0.05) is 25.1 Å². The van der Waals surface area contributed by atoms with Gasteiger partial charge < -0.3 is 9.88 Å². The van der Waals surface area contributed by atoms with E-state index in [9.17, 15) is 9.59 Å². The summed E-state index contributed by atoms with van der Waals surface area (Å²) in [5.74, 6) is 0.524. The molecule has 0 bridgehead atoms. The van der Waals surface area contributed by atoms with Gasteiger partial charge in [-0.15, -0.1) is 0 Å². The van der Waals surface area contributed by atoms with Gasteiger partial charge in [0.15, 0.2) is 0 Å². The topological polar surface area (TPSA) is 109 Å². The molecule has 9 heteroatoms. The van der Waals surface area contributed by atoms with E-state index in [2.05, 4.69) is 25.0 Å². The second kappa shape index (κ2) is 6.90. The number of hydrogen-bond acceptors (Lipinski definition) is 6. The molecule has 1 amide bonds. The van der Waals surface area contributed by atoms with E-state index in [1.807, 2.05) is 13.8 Å². The summed E-state index contributed by atoms with van der Waals surface area (Å²) in [6.07, 6.45) is 4.61. The van der Waals surface area contributed by atoms with Crippen LogP contribution in [0.25, 0.3) is 5.78 Å². The van der Waals surface area contributed by atoms with Crippen molar-refractivity contribution >= 4 is 11.7 Å². The summed E-state index contributed by atoms with van der Waals surface area (Å²) < 4.78 is 1.67. The fraction of sp³-hybridized carbons (Fsp3) is 0.444. The van der Waals surface area contributed by atoms with Crippen LogP contribution in [0.2, 0.25) is 0 Å². The lowest BCUT2D eigenvalue weighted by atomic mass is 9.94. The van der Waals surface area contributed by atoms with Gasteiger partial charge in [-0.1, -0.05) is 13.8 Å². The maximum Gasteiger partial charge on any atom is 0.272 e. The molecule has 1 atom stereocenters.